The second kappa shape index (κ2) is 18.4. The van der Waals surface area contributed by atoms with Gasteiger partial charge in [-0.25, -0.2) is 0 Å². The highest BCUT2D eigenvalue weighted by Crippen LogP contribution is 2.38. The van der Waals surface area contributed by atoms with E-state index in [1.54, 1.807) is 12.1 Å². The lowest BCUT2D eigenvalue weighted by molar-refractivity contribution is -0.313. The topological polar surface area (TPSA) is 199 Å². The molecule has 0 bridgehead atoms. The first-order chi connectivity index (χ1) is 21.9. The number of aliphatic hydroxyl groups excluding tert-OH is 8. The Kier molecular flexibility index (Phi) is 15.4. The van der Waals surface area contributed by atoms with Crippen molar-refractivity contribution in [3.8, 4) is 11.5 Å². The van der Waals surface area contributed by atoms with Gasteiger partial charge in [0.1, 0.15) is 23.7 Å². The Morgan fingerprint density at radius 2 is 1.26 bits per heavy atom. The van der Waals surface area contributed by atoms with E-state index >= 15 is 0 Å². The first-order valence-corrected chi connectivity index (χ1v) is 16.3. The molecular formula is C34H54O12. The fraction of sp³-hybridized carbons (Fsp3) is 0.706. The fourth-order valence-electron chi connectivity index (χ4n) is 5.62. The summed E-state index contributed by atoms with van der Waals surface area (Å²) in [6.45, 7) is 7.00. The van der Waals surface area contributed by atoms with Gasteiger partial charge in [-0.15, -0.1) is 0 Å². The van der Waals surface area contributed by atoms with E-state index in [9.17, 15) is 40.9 Å². The van der Waals surface area contributed by atoms with Crippen LogP contribution in [0.3, 0.4) is 0 Å². The van der Waals surface area contributed by atoms with Gasteiger partial charge < -0.3 is 59.8 Å². The molecule has 12 nitrogen and oxygen atoms in total. The highest BCUT2D eigenvalue weighted by molar-refractivity contribution is 5.50. The molecule has 10 atom stereocenters. The molecule has 0 aliphatic carbocycles. The summed E-state index contributed by atoms with van der Waals surface area (Å²) < 4.78 is 23.5. The number of rotatable bonds is 16. The molecule has 12 heteroatoms. The summed E-state index contributed by atoms with van der Waals surface area (Å²) >= 11 is 0. The third-order valence-electron chi connectivity index (χ3n) is 8.61. The molecule has 2 unspecified atom stereocenters. The smallest absolute Gasteiger partial charge is 0.210 e. The molecular weight excluding hydrogens is 600 g/mol. The van der Waals surface area contributed by atoms with Crippen molar-refractivity contribution >= 4 is 0 Å². The van der Waals surface area contributed by atoms with Gasteiger partial charge in [0.25, 0.3) is 0 Å². The van der Waals surface area contributed by atoms with Crippen LogP contribution in [0.25, 0.3) is 0 Å². The van der Waals surface area contributed by atoms with Crippen LogP contribution in [0.15, 0.2) is 35.4 Å². The quantitative estimate of drug-likeness (QED) is 0.0952. The summed E-state index contributed by atoms with van der Waals surface area (Å²) in [7, 11) is 0. The molecule has 2 heterocycles. The second-order valence-corrected chi connectivity index (χ2v) is 12.6. The van der Waals surface area contributed by atoms with Gasteiger partial charge >= 0.3 is 0 Å². The molecule has 2 aliphatic rings. The zero-order valence-electron chi connectivity index (χ0n) is 27.4. The van der Waals surface area contributed by atoms with E-state index in [0.29, 0.717) is 12.0 Å². The monoisotopic (exact) mass is 654 g/mol. The molecule has 2 fully saturated rings. The van der Waals surface area contributed by atoms with E-state index in [2.05, 4.69) is 13.0 Å². The van der Waals surface area contributed by atoms with Gasteiger partial charge in [-0.3, -0.25) is 0 Å². The van der Waals surface area contributed by atoms with Crippen molar-refractivity contribution in [3.63, 3.8) is 0 Å². The number of aliphatic hydroxyl groups is 8. The van der Waals surface area contributed by atoms with Crippen LogP contribution < -0.4 is 9.47 Å². The summed E-state index contributed by atoms with van der Waals surface area (Å²) in [6, 6.07) is 3.61. The van der Waals surface area contributed by atoms with E-state index < -0.39 is 74.6 Å². The number of hydrogen-bond donors (Lipinski definition) is 8. The maximum atomic E-state index is 10.6. The average Bonchev–Trinajstić information content (AvgIpc) is 3.00. The van der Waals surface area contributed by atoms with Crippen molar-refractivity contribution in [3.05, 3.63) is 46.6 Å². The Hall–Kier alpha value is -2.10. The van der Waals surface area contributed by atoms with Gasteiger partial charge in [-0.2, -0.15) is 0 Å². The summed E-state index contributed by atoms with van der Waals surface area (Å²) in [6.07, 6.45) is -1.82. The van der Waals surface area contributed by atoms with Gasteiger partial charge in [0.05, 0.1) is 37.3 Å². The number of hydrogen-bond acceptors (Lipinski definition) is 12. The molecule has 46 heavy (non-hydrogen) atoms. The predicted molar refractivity (Wildman–Crippen MR) is 169 cm³/mol. The van der Waals surface area contributed by atoms with E-state index in [1.807, 2.05) is 26.8 Å². The Morgan fingerprint density at radius 3 is 1.72 bits per heavy atom. The standard InChI is InChI=1S/C34H54O12/c1-5-6-7-8-12-21-15-25(43-33-23(17-35)27(37)29(39)31(41)45-33)22(14-13-20(4)11-9-10-19(2)3)26(16-21)44-34-24(18-36)28(38)30(40)32(42)46-34/h10,13,15-16,23-24,27-42H,5-9,11-12,14,17-18H2,1-4H3/b20-13+/t23-,24-,27-,28-,29+,30+,31+,32+,33?,34?/m1/s1. The van der Waals surface area contributed by atoms with Crippen LogP contribution in [-0.4, -0.2) is 104 Å². The van der Waals surface area contributed by atoms with E-state index in [1.165, 1.54) is 5.57 Å². The molecule has 8 N–H and O–H groups in total. The minimum Gasteiger partial charge on any atom is -0.464 e. The van der Waals surface area contributed by atoms with Crippen molar-refractivity contribution in [1.82, 2.24) is 0 Å². The average molecular weight is 655 g/mol. The summed E-state index contributed by atoms with van der Waals surface area (Å²) in [5.41, 5.74) is 3.62. The number of benzene rings is 1. The molecule has 0 spiro atoms. The van der Waals surface area contributed by atoms with Crippen LogP contribution in [0.2, 0.25) is 0 Å². The minimum atomic E-state index is -1.76. The first kappa shape index (κ1) is 38.3. The highest BCUT2D eigenvalue weighted by atomic mass is 16.7. The van der Waals surface area contributed by atoms with Crippen LogP contribution in [0.5, 0.6) is 11.5 Å². The molecule has 3 rings (SSSR count). The molecule has 262 valence electrons. The van der Waals surface area contributed by atoms with E-state index in [0.717, 1.165) is 49.7 Å². The molecule has 0 amide bonds. The zero-order chi connectivity index (χ0) is 34.0. The first-order valence-electron chi connectivity index (χ1n) is 16.3. The van der Waals surface area contributed by atoms with Crippen LogP contribution in [0.1, 0.15) is 77.3 Å². The van der Waals surface area contributed by atoms with E-state index in [4.69, 9.17) is 18.9 Å². The van der Waals surface area contributed by atoms with Crippen LogP contribution in [0, 0.1) is 11.8 Å². The van der Waals surface area contributed by atoms with Gasteiger partial charge in [-0.05, 0) is 70.6 Å². The van der Waals surface area contributed by atoms with Crippen LogP contribution in [-0.2, 0) is 22.3 Å². The molecule has 0 saturated carbocycles. The third kappa shape index (κ3) is 10.2. The van der Waals surface area contributed by atoms with Crippen molar-refractivity contribution in [1.29, 1.82) is 0 Å². The van der Waals surface area contributed by atoms with Crippen molar-refractivity contribution in [2.24, 2.45) is 11.8 Å². The Morgan fingerprint density at radius 1 is 0.739 bits per heavy atom. The lowest BCUT2D eigenvalue weighted by Gasteiger charge is -2.41. The van der Waals surface area contributed by atoms with Crippen molar-refractivity contribution in [2.45, 2.75) is 129 Å². The number of ether oxygens (including phenoxy) is 4. The molecule has 1 aromatic rings. The zero-order valence-corrected chi connectivity index (χ0v) is 27.4. The summed E-state index contributed by atoms with van der Waals surface area (Å²) in [5, 5.41) is 82.0. The highest BCUT2D eigenvalue weighted by Gasteiger charge is 2.46. The second-order valence-electron chi connectivity index (χ2n) is 12.6. The largest absolute Gasteiger partial charge is 0.464 e. The lowest BCUT2D eigenvalue weighted by atomic mass is 9.94. The molecule has 0 aromatic heterocycles. The SMILES string of the molecule is CCCCCCc1cc(OC2O[C@H](O)[C@@H](O)[C@H](O)[C@H]2CO)c(C/C=C(\C)CCC=C(C)C)c(OC2O[C@H](O)[C@@H](O)[C@H](O)[C@H]2CO)c1. The molecule has 0 radical (unpaired) electrons. The Bertz CT molecular complexity index is 1080. The minimum absolute atomic E-state index is 0.271. The number of unbranched alkanes of at least 4 members (excludes halogenated alkanes) is 3. The fourth-order valence-corrected chi connectivity index (χ4v) is 5.62. The Labute approximate surface area is 271 Å². The molecule has 2 saturated heterocycles. The normalized spacial score (nSPS) is 31.9. The van der Waals surface area contributed by atoms with Gasteiger partial charge in [0, 0.05) is 5.56 Å². The van der Waals surface area contributed by atoms with Gasteiger partial charge in [0.2, 0.25) is 12.6 Å². The summed E-state index contributed by atoms with van der Waals surface area (Å²) in [4.78, 5) is 0. The maximum Gasteiger partial charge on any atom is 0.210 e. The molecule has 2 aliphatic heterocycles. The maximum absolute atomic E-state index is 10.6. The third-order valence-corrected chi connectivity index (χ3v) is 8.61. The van der Waals surface area contributed by atoms with E-state index in [-0.39, 0.29) is 17.9 Å². The lowest BCUT2D eigenvalue weighted by Crippen LogP contribution is -2.57. The van der Waals surface area contributed by atoms with Crippen LogP contribution in [0.4, 0.5) is 0 Å². The molecule has 1 aromatic carbocycles. The number of aryl methyl sites for hydroxylation is 1. The van der Waals surface area contributed by atoms with Gasteiger partial charge in [0.15, 0.2) is 12.6 Å². The predicted octanol–water partition coefficient (Wildman–Crippen LogP) is 1.81. The summed E-state index contributed by atoms with van der Waals surface area (Å²) in [5.74, 6) is -1.63. The van der Waals surface area contributed by atoms with Crippen LogP contribution >= 0.6 is 0 Å². The Balaban J connectivity index is 2.08. The number of allylic oxidation sites excluding steroid dienone is 4. The van der Waals surface area contributed by atoms with Crippen molar-refractivity contribution < 1.29 is 59.8 Å². The van der Waals surface area contributed by atoms with Crippen molar-refractivity contribution in [2.75, 3.05) is 13.2 Å². The van der Waals surface area contributed by atoms with Gasteiger partial charge in [-0.1, -0.05) is 49.5 Å².